The van der Waals surface area contributed by atoms with Gasteiger partial charge in [-0.1, -0.05) is 48.0 Å². The fourth-order valence-electron chi connectivity index (χ4n) is 4.17. The Hall–Kier alpha value is -3.38. The summed E-state index contributed by atoms with van der Waals surface area (Å²) in [5.41, 5.74) is 2.10. The molecule has 0 amide bonds. The van der Waals surface area contributed by atoms with Crippen LogP contribution in [0, 0.1) is 6.92 Å². The van der Waals surface area contributed by atoms with Crippen LogP contribution in [-0.2, 0) is 16.3 Å². The van der Waals surface area contributed by atoms with Gasteiger partial charge >= 0.3 is 0 Å². The number of nitrogens with zero attached hydrogens (tertiary/aromatic N) is 2. The second-order valence-corrected chi connectivity index (χ2v) is 9.35. The van der Waals surface area contributed by atoms with Gasteiger partial charge in [0.2, 0.25) is 9.84 Å². The smallest absolute Gasteiger partial charge is 0.277 e. The Morgan fingerprint density at radius 1 is 0.833 bits per heavy atom. The van der Waals surface area contributed by atoms with Crippen molar-refractivity contribution in [2.45, 2.75) is 23.1 Å². The van der Waals surface area contributed by atoms with Crippen molar-refractivity contribution in [1.82, 2.24) is 4.68 Å². The van der Waals surface area contributed by atoms with Gasteiger partial charge in [-0.05, 0) is 43.3 Å². The van der Waals surface area contributed by atoms with Crippen molar-refractivity contribution in [3.8, 4) is 0 Å². The molecule has 0 radical (unpaired) electrons. The maximum absolute atomic E-state index is 13.7. The van der Waals surface area contributed by atoms with Gasteiger partial charge < -0.3 is 0 Å². The molecule has 150 valence electrons. The standard InChI is InChI=1S/C24H20N2O3S/c1-17-12-13-20-21(16-17)23(30(28,29)19-10-6-3-7-11-19)22-14-15-25(26(22)24(20)27)18-8-4-2-5-9-18/h2-13,16H,14-15H2,1H3. The Morgan fingerprint density at radius 2 is 1.50 bits per heavy atom. The first kappa shape index (κ1) is 18.6. The first-order valence-corrected chi connectivity index (χ1v) is 11.3. The summed E-state index contributed by atoms with van der Waals surface area (Å²) >= 11 is 0. The summed E-state index contributed by atoms with van der Waals surface area (Å²) in [6, 6.07) is 23.4. The molecule has 3 aromatic carbocycles. The number of fused-ring (bicyclic) bond motifs is 2. The third kappa shape index (κ3) is 2.75. The first-order chi connectivity index (χ1) is 14.5. The van der Waals surface area contributed by atoms with Gasteiger partial charge in [-0.3, -0.25) is 9.80 Å². The Bertz CT molecular complexity index is 1430. The highest BCUT2D eigenvalue weighted by Gasteiger charge is 2.33. The third-order valence-corrected chi connectivity index (χ3v) is 7.42. The van der Waals surface area contributed by atoms with Crippen molar-refractivity contribution >= 4 is 26.3 Å². The zero-order chi connectivity index (χ0) is 20.9. The molecule has 0 aliphatic carbocycles. The number of sulfone groups is 1. The molecule has 6 heteroatoms. The summed E-state index contributed by atoms with van der Waals surface area (Å²) in [4.78, 5) is 13.9. The second-order valence-electron chi connectivity index (χ2n) is 7.47. The van der Waals surface area contributed by atoms with Crippen molar-refractivity contribution in [2.24, 2.45) is 0 Å². The van der Waals surface area contributed by atoms with Crippen LogP contribution >= 0.6 is 0 Å². The third-order valence-electron chi connectivity index (χ3n) is 5.54. The van der Waals surface area contributed by atoms with E-state index in [1.807, 2.05) is 48.3 Å². The summed E-state index contributed by atoms with van der Waals surface area (Å²) in [5.74, 6) is 0. The zero-order valence-electron chi connectivity index (χ0n) is 16.4. The molecule has 0 fully saturated rings. The lowest BCUT2D eigenvalue weighted by Crippen LogP contribution is -2.36. The predicted molar refractivity (Wildman–Crippen MR) is 118 cm³/mol. The molecule has 0 spiro atoms. The summed E-state index contributed by atoms with van der Waals surface area (Å²) in [5, 5.41) is 2.76. The Morgan fingerprint density at radius 3 is 2.20 bits per heavy atom. The van der Waals surface area contributed by atoms with Crippen LogP contribution in [0.25, 0.3) is 10.8 Å². The van der Waals surface area contributed by atoms with Gasteiger partial charge in [0, 0.05) is 18.4 Å². The number of rotatable bonds is 3. The molecule has 1 aliphatic rings. The first-order valence-electron chi connectivity index (χ1n) is 9.80. The molecular formula is C24H20N2O3S. The van der Waals surface area contributed by atoms with Gasteiger partial charge in [-0.2, -0.15) is 0 Å². The number of aromatic nitrogens is 1. The molecule has 0 bridgehead atoms. The highest BCUT2D eigenvalue weighted by molar-refractivity contribution is 7.91. The molecule has 0 N–H and O–H groups in total. The quantitative estimate of drug-likeness (QED) is 0.507. The number of pyridine rings is 1. The van der Waals surface area contributed by atoms with Gasteiger partial charge in [-0.25, -0.2) is 13.1 Å². The fourth-order valence-corrected chi connectivity index (χ4v) is 5.88. The van der Waals surface area contributed by atoms with Gasteiger partial charge in [0.25, 0.3) is 5.56 Å². The molecule has 5 nitrogen and oxygen atoms in total. The van der Waals surface area contributed by atoms with Crippen molar-refractivity contribution in [3.05, 3.63) is 100 Å². The van der Waals surface area contributed by atoms with E-state index in [0.717, 1.165) is 11.3 Å². The van der Waals surface area contributed by atoms with E-state index in [0.29, 0.717) is 29.4 Å². The molecule has 5 rings (SSSR count). The van der Waals surface area contributed by atoms with Crippen LogP contribution in [-0.4, -0.2) is 19.6 Å². The molecule has 0 saturated carbocycles. The molecule has 2 heterocycles. The molecule has 4 aromatic rings. The Kier molecular flexibility index (Phi) is 4.25. The zero-order valence-corrected chi connectivity index (χ0v) is 17.3. The molecule has 0 atom stereocenters. The minimum Gasteiger partial charge on any atom is -0.278 e. The number of hydrogen-bond donors (Lipinski definition) is 0. The Labute approximate surface area is 174 Å². The van der Waals surface area contributed by atoms with Crippen LogP contribution in [0.1, 0.15) is 11.3 Å². The maximum atomic E-state index is 13.7. The number of benzene rings is 3. The monoisotopic (exact) mass is 416 g/mol. The summed E-state index contributed by atoms with van der Waals surface area (Å²) in [6.07, 6.45) is 0.468. The van der Waals surface area contributed by atoms with E-state index in [1.54, 1.807) is 47.1 Å². The normalized spacial score (nSPS) is 13.6. The predicted octanol–water partition coefficient (Wildman–Crippen LogP) is 3.97. The average Bonchev–Trinajstić information content (AvgIpc) is 3.20. The molecule has 30 heavy (non-hydrogen) atoms. The van der Waals surface area contributed by atoms with Crippen LogP contribution in [0.2, 0.25) is 0 Å². The molecule has 0 unspecified atom stereocenters. The minimum absolute atomic E-state index is 0.201. The largest absolute Gasteiger partial charge is 0.278 e. The van der Waals surface area contributed by atoms with E-state index in [1.165, 1.54) is 0 Å². The van der Waals surface area contributed by atoms with Crippen molar-refractivity contribution in [2.75, 3.05) is 11.6 Å². The summed E-state index contributed by atoms with van der Waals surface area (Å²) in [7, 11) is -3.82. The number of para-hydroxylation sites is 1. The van der Waals surface area contributed by atoms with E-state index in [2.05, 4.69) is 0 Å². The molecular weight excluding hydrogens is 396 g/mol. The van der Waals surface area contributed by atoms with Gasteiger partial charge in [0.1, 0.15) is 4.90 Å². The molecule has 0 saturated heterocycles. The van der Waals surface area contributed by atoms with Crippen LogP contribution in [0.15, 0.2) is 93.4 Å². The highest BCUT2D eigenvalue weighted by atomic mass is 32.2. The van der Waals surface area contributed by atoms with E-state index in [4.69, 9.17) is 0 Å². The lowest BCUT2D eigenvalue weighted by atomic mass is 10.1. The minimum atomic E-state index is -3.82. The Balaban J connectivity index is 1.89. The summed E-state index contributed by atoms with van der Waals surface area (Å²) in [6.45, 7) is 2.44. The van der Waals surface area contributed by atoms with Crippen molar-refractivity contribution in [3.63, 3.8) is 0 Å². The number of anilines is 1. The SMILES string of the molecule is Cc1ccc2c(=O)n3c(c(S(=O)(=O)c4ccccc4)c2c1)CCN3c1ccccc1. The van der Waals surface area contributed by atoms with E-state index in [9.17, 15) is 13.2 Å². The van der Waals surface area contributed by atoms with Crippen molar-refractivity contribution in [1.29, 1.82) is 0 Å². The average molecular weight is 417 g/mol. The maximum Gasteiger partial charge on any atom is 0.277 e. The lowest BCUT2D eigenvalue weighted by Gasteiger charge is -2.23. The van der Waals surface area contributed by atoms with Crippen LogP contribution in [0.4, 0.5) is 5.69 Å². The van der Waals surface area contributed by atoms with Crippen LogP contribution in [0.5, 0.6) is 0 Å². The van der Waals surface area contributed by atoms with E-state index < -0.39 is 9.84 Å². The molecule has 1 aliphatic heterocycles. The van der Waals surface area contributed by atoms with Gasteiger partial charge in [0.15, 0.2) is 0 Å². The number of hydrogen-bond acceptors (Lipinski definition) is 4. The highest BCUT2D eigenvalue weighted by Crippen LogP contribution is 2.34. The topological polar surface area (TPSA) is 59.4 Å². The fraction of sp³-hybridized carbons (Fsp3) is 0.125. The number of aryl methyl sites for hydroxylation is 1. The van der Waals surface area contributed by atoms with Gasteiger partial charge in [0.05, 0.1) is 21.7 Å². The van der Waals surface area contributed by atoms with Crippen LogP contribution < -0.4 is 10.6 Å². The second kappa shape index (κ2) is 6.85. The lowest BCUT2D eigenvalue weighted by molar-refractivity contribution is 0.594. The van der Waals surface area contributed by atoms with Crippen molar-refractivity contribution < 1.29 is 8.42 Å². The van der Waals surface area contributed by atoms with Gasteiger partial charge in [-0.15, -0.1) is 0 Å². The van der Waals surface area contributed by atoms with E-state index >= 15 is 0 Å². The summed E-state index contributed by atoms with van der Waals surface area (Å²) < 4.78 is 29.0. The van der Waals surface area contributed by atoms with E-state index in [-0.39, 0.29) is 15.4 Å². The van der Waals surface area contributed by atoms with Crippen LogP contribution in [0.3, 0.4) is 0 Å². The molecule has 1 aromatic heterocycles.